The Morgan fingerprint density at radius 1 is 1.03 bits per heavy atom. The summed E-state index contributed by atoms with van der Waals surface area (Å²) in [5.41, 5.74) is 4.39. The Bertz CT molecular complexity index is 1810. The van der Waals surface area contributed by atoms with Crippen LogP contribution in [-0.4, -0.2) is 147 Å². The van der Waals surface area contributed by atoms with Gasteiger partial charge in [-0.15, -0.1) is 0 Å². The number of aliphatic hydroxyl groups is 5. The van der Waals surface area contributed by atoms with Gasteiger partial charge >= 0.3 is 5.97 Å². The van der Waals surface area contributed by atoms with Crippen LogP contribution in [0.25, 0.3) is 11.1 Å². The van der Waals surface area contributed by atoms with Gasteiger partial charge in [-0.1, -0.05) is 52.0 Å². The van der Waals surface area contributed by atoms with Crippen molar-refractivity contribution in [3.05, 3.63) is 48.2 Å². The molecule has 3 heterocycles. The highest BCUT2D eigenvalue weighted by atomic mass is 19.1. The van der Waals surface area contributed by atoms with Crippen molar-refractivity contribution in [2.24, 2.45) is 23.7 Å². The van der Waals surface area contributed by atoms with E-state index in [-0.39, 0.29) is 31.6 Å². The van der Waals surface area contributed by atoms with Gasteiger partial charge in [-0.3, -0.25) is 14.4 Å². The van der Waals surface area contributed by atoms with Crippen LogP contribution in [0.5, 0.6) is 0 Å². The number of esters is 1. The molecule has 1 aromatic heterocycles. The summed E-state index contributed by atoms with van der Waals surface area (Å²) >= 11 is 0. The van der Waals surface area contributed by atoms with Gasteiger partial charge < -0.3 is 60.4 Å². The Kier molecular flexibility index (Phi) is 18.2. The summed E-state index contributed by atoms with van der Waals surface area (Å²) in [5, 5.41) is 60.0. The summed E-state index contributed by atoms with van der Waals surface area (Å²) in [6.07, 6.45) is -7.68. The first kappa shape index (κ1) is 52.0. The molecule has 2 aliphatic rings. The normalized spacial score (nSPS) is 36.0. The Hall–Kier alpha value is -3.65. The van der Waals surface area contributed by atoms with Crippen molar-refractivity contribution in [1.29, 1.82) is 0 Å². The Balaban J connectivity index is 1.50. The van der Waals surface area contributed by atoms with Crippen LogP contribution in [0.2, 0.25) is 0 Å². The number of carbonyl (C=O) groups excluding carboxylic acids is 3. The van der Waals surface area contributed by atoms with Crippen LogP contribution in [0.3, 0.4) is 0 Å². The van der Waals surface area contributed by atoms with E-state index >= 15 is 0 Å². The number of aliphatic hydroxyl groups excluding tert-OH is 4. The van der Waals surface area contributed by atoms with E-state index in [1.54, 1.807) is 83.1 Å². The number of rotatable bonds is 13. The molecule has 0 saturated carbocycles. The fourth-order valence-corrected chi connectivity index (χ4v) is 9.12. The molecule has 0 radical (unpaired) electrons. The predicted molar refractivity (Wildman–Crippen MR) is 232 cm³/mol. The summed E-state index contributed by atoms with van der Waals surface area (Å²) in [6.45, 7) is 11.9. The summed E-state index contributed by atoms with van der Waals surface area (Å²) in [6, 6.07) is 8.49. The molecule has 16 nitrogen and oxygen atoms in total. The number of nitrogens with two attached hydrogens (primary N) is 1. The minimum absolute atomic E-state index is 0.0251. The van der Waals surface area contributed by atoms with Gasteiger partial charge in [0.2, 0.25) is 5.91 Å². The van der Waals surface area contributed by atoms with Crippen LogP contribution in [-0.2, 0) is 33.3 Å². The topological polar surface area (TPSA) is 243 Å². The number of halogens is 1. The van der Waals surface area contributed by atoms with Gasteiger partial charge in [-0.05, 0) is 77.3 Å². The minimum atomic E-state index is -1.99. The number of Topliss-reactive ketones (excluding diaryl/α,β-unsaturated/α-hetero) is 1. The molecule has 4 rings (SSSR count). The third-order valence-corrected chi connectivity index (χ3v) is 13.4. The van der Waals surface area contributed by atoms with Gasteiger partial charge in [0.05, 0.1) is 42.0 Å². The van der Waals surface area contributed by atoms with Gasteiger partial charge in [0.15, 0.2) is 6.29 Å². The van der Waals surface area contributed by atoms with Crippen molar-refractivity contribution in [2.45, 2.75) is 153 Å². The second kappa shape index (κ2) is 22.0. The number of hydrogen-bond acceptors (Lipinski definition) is 15. The Morgan fingerprint density at radius 2 is 1.67 bits per heavy atom. The van der Waals surface area contributed by atoms with E-state index in [0.29, 0.717) is 17.8 Å². The van der Waals surface area contributed by atoms with Crippen LogP contribution in [0.1, 0.15) is 92.7 Å². The molecule has 63 heavy (non-hydrogen) atoms. The van der Waals surface area contributed by atoms with Crippen LogP contribution in [0.15, 0.2) is 42.6 Å². The Labute approximate surface area is 370 Å². The molecule has 2 saturated heterocycles. The Morgan fingerprint density at radius 3 is 2.24 bits per heavy atom. The molecule has 1 aromatic carbocycles. The van der Waals surface area contributed by atoms with E-state index < -0.39 is 115 Å². The number of cyclic esters (lactones) is 1. The summed E-state index contributed by atoms with van der Waals surface area (Å²) in [4.78, 5) is 46.5. The monoisotopic (exact) mass is 891 g/mol. The number of anilines is 1. The molecule has 0 aliphatic carbocycles. The van der Waals surface area contributed by atoms with Crippen LogP contribution < -0.4 is 11.1 Å². The number of likely N-dealkylation sites (N-methyl/N-ethyl adjacent to an activating group) is 1. The van der Waals surface area contributed by atoms with E-state index in [0.717, 1.165) is 11.1 Å². The maximum atomic E-state index is 14.3. The molecule has 2 aliphatic heterocycles. The highest BCUT2D eigenvalue weighted by Gasteiger charge is 2.52. The van der Waals surface area contributed by atoms with Gasteiger partial charge in [-0.25, -0.2) is 9.37 Å². The largest absolute Gasteiger partial charge is 0.459 e. The number of carbonyl (C=O) groups is 3. The zero-order valence-electron chi connectivity index (χ0n) is 38.3. The van der Waals surface area contributed by atoms with Crippen molar-refractivity contribution in [1.82, 2.24) is 15.2 Å². The molecule has 2 fully saturated rings. The molecule has 354 valence electrons. The van der Waals surface area contributed by atoms with Crippen molar-refractivity contribution in [2.75, 3.05) is 33.1 Å². The molecule has 0 bridgehead atoms. The molecule has 2 aromatic rings. The van der Waals surface area contributed by atoms with E-state index in [1.165, 1.54) is 27.9 Å². The average Bonchev–Trinajstić information content (AvgIpc) is 3.27. The second-order valence-electron chi connectivity index (χ2n) is 18.2. The number of aromatic nitrogens is 1. The molecule has 0 spiro atoms. The van der Waals surface area contributed by atoms with E-state index in [9.17, 15) is 44.3 Å². The van der Waals surface area contributed by atoms with Gasteiger partial charge in [0.25, 0.3) is 0 Å². The molecule has 17 heteroatoms. The first-order valence-corrected chi connectivity index (χ1v) is 21.9. The summed E-state index contributed by atoms with van der Waals surface area (Å²) in [7, 11) is 3.15. The third kappa shape index (κ3) is 12.2. The summed E-state index contributed by atoms with van der Waals surface area (Å²) in [5.74, 6) is -5.21. The number of methoxy groups -OCH3 is 1. The number of ether oxygens (including phenoxy) is 4. The standard InChI is InChI=1S/C46H71FN4O12/c1-11-34-46(8,59)41(57)26(4)37(53)24(2)21-45(7,60-10)42(27(5)38(54)28(6)43(58)62-34)63-44-40(56)33(20-25(3)61-44)51(9)19-18-36(52)50-32(22-47)39(55)30-14-12-29(13-15-30)31-16-17-35(48)49-23-31/h12-17,23-28,32-34,38-42,44,54-57,59H,11,18-22H2,1-10H3,(H2,48,49)(H,50,52)/t24-,25-,26+,27+,28-,32-,33+,34-,38+,39-,40-,41-,42-,44+,45-,46-/m1/s1. The third-order valence-electron chi connectivity index (χ3n) is 13.4. The lowest BCUT2D eigenvalue weighted by atomic mass is 9.74. The number of nitrogens with zero attached hydrogens (tertiary/aromatic N) is 2. The van der Waals surface area contributed by atoms with Crippen LogP contribution in [0, 0.1) is 23.7 Å². The van der Waals surface area contributed by atoms with Crippen LogP contribution >= 0.6 is 0 Å². The van der Waals surface area contributed by atoms with Gasteiger partial charge in [0.1, 0.15) is 42.2 Å². The fourth-order valence-electron chi connectivity index (χ4n) is 9.12. The van der Waals surface area contributed by atoms with Crippen molar-refractivity contribution in [3.8, 4) is 11.1 Å². The van der Waals surface area contributed by atoms with Gasteiger partial charge in [-0.2, -0.15) is 0 Å². The number of alkyl halides is 1. The lowest BCUT2D eigenvalue weighted by molar-refractivity contribution is -0.302. The highest BCUT2D eigenvalue weighted by Crippen LogP contribution is 2.39. The summed E-state index contributed by atoms with van der Waals surface area (Å²) < 4.78 is 38.9. The van der Waals surface area contributed by atoms with Crippen molar-refractivity contribution in [3.63, 3.8) is 0 Å². The van der Waals surface area contributed by atoms with Crippen molar-refractivity contribution < 1.29 is 63.3 Å². The number of pyridine rings is 1. The minimum Gasteiger partial charge on any atom is -0.459 e. The first-order valence-electron chi connectivity index (χ1n) is 21.9. The lowest BCUT2D eigenvalue weighted by Gasteiger charge is -2.48. The van der Waals surface area contributed by atoms with E-state index in [2.05, 4.69) is 10.3 Å². The number of amides is 1. The molecule has 8 N–H and O–H groups in total. The maximum absolute atomic E-state index is 14.3. The molecule has 1 amide bonds. The molecular formula is C46H71FN4O12. The van der Waals surface area contributed by atoms with E-state index in [1.807, 2.05) is 6.07 Å². The maximum Gasteiger partial charge on any atom is 0.311 e. The number of nitrogens with one attached hydrogen (secondary N) is 1. The average molecular weight is 891 g/mol. The molecular weight excluding hydrogens is 820 g/mol. The van der Waals surface area contributed by atoms with Crippen molar-refractivity contribution >= 4 is 23.5 Å². The van der Waals surface area contributed by atoms with E-state index in [4.69, 9.17) is 24.7 Å². The highest BCUT2D eigenvalue weighted by molar-refractivity contribution is 5.83. The number of nitrogen functional groups attached to an aromatic ring is 1. The van der Waals surface area contributed by atoms with Gasteiger partial charge in [0, 0.05) is 55.6 Å². The number of hydrogen-bond donors (Lipinski definition) is 7. The number of benzene rings is 1. The smallest absolute Gasteiger partial charge is 0.311 e. The lowest BCUT2D eigenvalue weighted by Crippen LogP contribution is -2.60. The second-order valence-corrected chi connectivity index (χ2v) is 18.2. The first-order chi connectivity index (χ1) is 29.5. The fraction of sp³-hybridized carbons (Fsp3) is 0.696. The predicted octanol–water partition coefficient (Wildman–Crippen LogP) is 3.11. The quantitative estimate of drug-likeness (QED) is 0.143. The SMILES string of the molecule is CC[C@H]1OC(=O)[C@H](C)[C@@H](O)[C@H](C)[C@@H](O[C@@H]2O[C@H](C)C[C@H](N(C)CCC(=O)N[C@H](CF)[C@H](O)c3ccc(-c4ccc(N)nc4)cc3)[C@H]2O)[C@](C)(OC)C[C@@H](C)C(=O)[C@H](C)[C@@H](O)[C@]1(C)O. The number of ketones is 1. The molecule has 0 unspecified atom stereocenters. The molecule has 16 atom stereocenters. The van der Waals surface area contributed by atoms with Crippen LogP contribution in [0.4, 0.5) is 10.2 Å². The zero-order valence-corrected chi connectivity index (χ0v) is 38.3. The zero-order chi connectivity index (χ0) is 47.1.